The monoisotopic (exact) mass is 276 g/mol. The molecule has 2 heteroatoms. The van der Waals surface area contributed by atoms with Crippen molar-refractivity contribution >= 4 is 0 Å². The lowest BCUT2D eigenvalue weighted by atomic mass is 9.91. The molecule has 1 aliphatic heterocycles. The fourth-order valence-corrected chi connectivity index (χ4v) is 2.75. The lowest BCUT2D eigenvalue weighted by Gasteiger charge is -2.20. The minimum atomic E-state index is 0.434. The lowest BCUT2D eigenvalue weighted by Crippen LogP contribution is -2.10. The predicted molar refractivity (Wildman–Crippen MR) is 83.6 cm³/mol. The van der Waals surface area contributed by atoms with Gasteiger partial charge in [0.2, 0.25) is 0 Å². The van der Waals surface area contributed by atoms with Crippen LogP contribution in [0.1, 0.15) is 56.7 Å². The van der Waals surface area contributed by atoms with Gasteiger partial charge in [-0.05, 0) is 50.2 Å². The smallest absolute Gasteiger partial charge is 0.125 e. The van der Waals surface area contributed by atoms with Crippen LogP contribution in [0.4, 0.5) is 0 Å². The summed E-state index contributed by atoms with van der Waals surface area (Å²) in [6, 6.07) is 4.49. The van der Waals surface area contributed by atoms with Crippen molar-refractivity contribution < 1.29 is 9.47 Å². The van der Waals surface area contributed by atoms with Crippen LogP contribution >= 0.6 is 0 Å². The van der Waals surface area contributed by atoms with Gasteiger partial charge in [-0.1, -0.05) is 38.5 Å². The maximum atomic E-state index is 6.09. The highest BCUT2D eigenvalue weighted by molar-refractivity contribution is 5.45. The summed E-state index contributed by atoms with van der Waals surface area (Å²) in [6.45, 7) is 13.9. The average Bonchev–Trinajstić information content (AvgIpc) is 3.02. The van der Waals surface area contributed by atoms with Crippen molar-refractivity contribution in [2.75, 3.05) is 6.61 Å². The molecule has 0 amide bonds. The molecule has 1 saturated heterocycles. The first-order chi connectivity index (χ1) is 9.38. The minimum absolute atomic E-state index is 0.434. The summed E-state index contributed by atoms with van der Waals surface area (Å²) >= 11 is 0. The first-order valence-corrected chi connectivity index (χ1v) is 7.78. The van der Waals surface area contributed by atoms with Crippen LogP contribution in [0.5, 0.6) is 5.75 Å². The summed E-state index contributed by atoms with van der Waals surface area (Å²) in [5, 5.41) is 0. The third-order valence-electron chi connectivity index (χ3n) is 3.96. The maximum Gasteiger partial charge on any atom is 0.125 e. The molecule has 0 aromatic heterocycles. The van der Waals surface area contributed by atoms with E-state index in [1.54, 1.807) is 0 Å². The van der Waals surface area contributed by atoms with Crippen molar-refractivity contribution in [2.24, 2.45) is 5.92 Å². The van der Waals surface area contributed by atoms with E-state index >= 15 is 0 Å². The number of rotatable bonds is 6. The summed E-state index contributed by atoms with van der Waals surface area (Å²) in [5.74, 6) is 2.11. The number of hydrogen-bond donors (Lipinski definition) is 0. The molecule has 1 heterocycles. The summed E-state index contributed by atoms with van der Waals surface area (Å²) in [4.78, 5) is 0. The van der Waals surface area contributed by atoms with E-state index in [2.05, 4.69) is 53.7 Å². The van der Waals surface area contributed by atoms with Gasteiger partial charge >= 0.3 is 0 Å². The Kier molecular flexibility index (Phi) is 4.74. The first kappa shape index (κ1) is 15.4. The van der Waals surface area contributed by atoms with Crippen molar-refractivity contribution in [2.45, 2.75) is 66.1 Å². The quantitative estimate of drug-likeness (QED) is 0.707. The van der Waals surface area contributed by atoms with E-state index in [-0.39, 0.29) is 0 Å². The Morgan fingerprint density at radius 1 is 1.20 bits per heavy atom. The van der Waals surface area contributed by atoms with E-state index in [9.17, 15) is 0 Å². The van der Waals surface area contributed by atoms with Gasteiger partial charge in [0.1, 0.15) is 5.75 Å². The number of benzene rings is 1. The highest BCUT2D eigenvalue weighted by Crippen LogP contribution is 2.38. The van der Waals surface area contributed by atoms with E-state index in [0.717, 1.165) is 18.8 Å². The van der Waals surface area contributed by atoms with E-state index in [1.807, 2.05) is 0 Å². The van der Waals surface area contributed by atoms with Gasteiger partial charge in [0.05, 0.1) is 18.8 Å². The van der Waals surface area contributed by atoms with Crippen LogP contribution in [-0.2, 0) is 4.74 Å². The van der Waals surface area contributed by atoms with E-state index in [1.165, 1.54) is 16.7 Å². The number of hydrogen-bond acceptors (Lipinski definition) is 2. The average molecular weight is 276 g/mol. The zero-order valence-corrected chi connectivity index (χ0v) is 13.7. The SMILES string of the molecule is Cc1cc(C)c(OCC(C)C)c(C(C)CC2OC2C)c1. The topological polar surface area (TPSA) is 21.8 Å². The van der Waals surface area contributed by atoms with Crippen molar-refractivity contribution in [3.8, 4) is 5.75 Å². The second-order valence-electron chi connectivity index (χ2n) is 6.72. The van der Waals surface area contributed by atoms with E-state index in [4.69, 9.17) is 9.47 Å². The number of aryl methyl sites for hydroxylation is 2. The van der Waals surface area contributed by atoms with Crippen LogP contribution in [0.2, 0.25) is 0 Å². The minimum Gasteiger partial charge on any atom is -0.493 e. The van der Waals surface area contributed by atoms with Crippen molar-refractivity contribution in [3.05, 3.63) is 28.8 Å². The van der Waals surface area contributed by atoms with Gasteiger partial charge in [-0.3, -0.25) is 0 Å². The Morgan fingerprint density at radius 2 is 1.85 bits per heavy atom. The normalized spacial score (nSPS) is 22.9. The molecule has 1 aliphatic rings. The molecule has 20 heavy (non-hydrogen) atoms. The van der Waals surface area contributed by atoms with Crippen LogP contribution in [0.15, 0.2) is 12.1 Å². The zero-order chi connectivity index (χ0) is 14.9. The van der Waals surface area contributed by atoms with Crippen LogP contribution in [0.25, 0.3) is 0 Å². The number of ether oxygens (including phenoxy) is 2. The second kappa shape index (κ2) is 6.17. The van der Waals surface area contributed by atoms with Crippen LogP contribution in [0.3, 0.4) is 0 Å². The maximum absolute atomic E-state index is 6.09. The molecule has 112 valence electrons. The molecule has 3 atom stereocenters. The van der Waals surface area contributed by atoms with Gasteiger partial charge in [-0.2, -0.15) is 0 Å². The fourth-order valence-electron chi connectivity index (χ4n) is 2.75. The second-order valence-corrected chi connectivity index (χ2v) is 6.72. The van der Waals surface area contributed by atoms with Crippen molar-refractivity contribution in [1.82, 2.24) is 0 Å². The predicted octanol–water partition coefficient (Wildman–Crippen LogP) is 4.62. The molecule has 2 nitrogen and oxygen atoms in total. The first-order valence-electron chi connectivity index (χ1n) is 7.78. The molecule has 0 N–H and O–H groups in total. The van der Waals surface area contributed by atoms with Gasteiger partial charge in [0.25, 0.3) is 0 Å². The van der Waals surface area contributed by atoms with Gasteiger partial charge in [-0.25, -0.2) is 0 Å². The molecular formula is C18H28O2. The molecule has 1 fully saturated rings. The lowest BCUT2D eigenvalue weighted by molar-refractivity contribution is 0.264. The summed E-state index contributed by atoms with van der Waals surface area (Å²) in [7, 11) is 0. The fraction of sp³-hybridized carbons (Fsp3) is 0.667. The van der Waals surface area contributed by atoms with Gasteiger partial charge in [0, 0.05) is 0 Å². The Morgan fingerprint density at radius 3 is 2.40 bits per heavy atom. The molecule has 0 aliphatic carbocycles. The molecule has 0 radical (unpaired) electrons. The zero-order valence-electron chi connectivity index (χ0n) is 13.7. The summed E-state index contributed by atoms with van der Waals surface area (Å²) in [6.07, 6.45) is 1.95. The molecule has 0 spiro atoms. The molecule has 1 aromatic rings. The van der Waals surface area contributed by atoms with Crippen molar-refractivity contribution in [1.29, 1.82) is 0 Å². The Balaban J connectivity index is 2.19. The highest BCUT2D eigenvalue weighted by Gasteiger charge is 2.35. The van der Waals surface area contributed by atoms with Crippen LogP contribution < -0.4 is 4.74 Å². The van der Waals surface area contributed by atoms with Gasteiger partial charge in [-0.15, -0.1) is 0 Å². The summed E-state index contributed by atoms with van der Waals surface area (Å²) < 4.78 is 11.7. The molecule has 1 aromatic carbocycles. The molecule has 3 unspecified atom stereocenters. The number of epoxide rings is 1. The van der Waals surface area contributed by atoms with Gasteiger partial charge in [0.15, 0.2) is 0 Å². The summed E-state index contributed by atoms with van der Waals surface area (Å²) in [5.41, 5.74) is 3.90. The third-order valence-corrected chi connectivity index (χ3v) is 3.96. The standard InChI is InChI=1S/C18H28O2/c1-11(2)10-19-18-14(5)7-12(3)8-16(18)13(4)9-17-15(6)20-17/h7-8,11,13,15,17H,9-10H2,1-6H3. The van der Waals surface area contributed by atoms with Crippen molar-refractivity contribution in [3.63, 3.8) is 0 Å². The Bertz CT molecular complexity index is 465. The Hall–Kier alpha value is -1.02. The molecule has 2 rings (SSSR count). The largest absolute Gasteiger partial charge is 0.493 e. The van der Waals surface area contributed by atoms with Gasteiger partial charge < -0.3 is 9.47 Å². The molecule has 0 bridgehead atoms. The molecular weight excluding hydrogens is 248 g/mol. The van der Waals surface area contributed by atoms with E-state index < -0.39 is 0 Å². The van der Waals surface area contributed by atoms with E-state index in [0.29, 0.717) is 24.0 Å². The molecule has 0 saturated carbocycles. The van der Waals surface area contributed by atoms with Crippen LogP contribution in [0, 0.1) is 19.8 Å². The van der Waals surface area contributed by atoms with Crippen LogP contribution in [-0.4, -0.2) is 18.8 Å². The Labute approximate surface area is 123 Å². The highest BCUT2D eigenvalue weighted by atomic mass is 16.6. The third kappa shape index (κ3) is 3.76.